The minimum atomic E-state index is -4.52. The zero-order valence-electron chi connectivity index (χ0n) is 25.4. The van der Waals surface area contributed by atoms with Gasteiger partial charge in [-0.25, -0.2) is 4.79 Å². The molecule has 0 aliphatic carbocycles. The molecule has 12 heteroatoms. The van der Waals surface area contributed by atoms with Crippen molar-refractivity contribution in [1.82, 2.24) is 10.2 Å². The summed E-state index contributed by atoms with van der Waals surface area (Å²) < 4.78 is 57.5. The second-order valence-electron chi connectivity index (χ2n) is 12.2. The number of ether oxygens (including phenoxy) is 3. The van der Waals surface area contributed by atoms with Crippen LogP contribution in [0.1, 0.15) is 74.8 Å². The van der Waals surface area contributed by atoms with Crippen molar-refractivity contribution in [2.24, 2.45) is 11.7 Å². The molecule has 2 aliphatic heterocycles. The Kier molecular flexibility index (Phi) is 9.94. The van der Waals surface area contributed by atoms with Crippen molar-refractivity contribution >= 4 is 18.0 Å². The van der Waals surface area contributed by atoms with Crippen LogP contribution >= 0.6 is 0 Å². The molecular formula is C32H40F3N3O6. The molecule has 4 rings (SSSR count). The number of hydrogen-bond donors (Lipinski definition) is 2. The molecule has 0 saturated carbocycles. The van der Waals surface area contributed by atoms with Crippen LogP contribution in [0.4, 0.5) is 18.0 Å². The maximum atomic E-state index is 13.8. The molecule has 2 amide bonds. The smallest absolute Gasteiger partial charge is 0.416 e. The number of nitrogens with zero attached hydrogens (tertiary/aromatic N) is 1. The Morgan fingerprint density at radius 2 is 1.75 bits per heavy atom. The highest BCUT2D eigenvalue weighted by molar-refractivity contribution is 5.80. The number of aryl methyl sites for hydroxylation is 1. The lowest BCUT2D eigenvalue weighted by Gasteiger charge is -2.52. The van der Waals surface area contributed by atoms with Crippen molar-refractivity contribution in [2.45, 2.75) is 82.8 Å². The number of hydrogen-bond acceptors (Lipinski definition) is 7. The monoisotopic (exact) mass is 619 g/mol. The lowest BCUT2D eigenvalue weighted by atomic mass is 9.74. The fraction of sp³-hybridized carbons (Fsp3) is 0.531. The summed E-state index contributed by atoms with van der Waals surface area (Å²) in [5.74, 6) is -1.02. The van der Waals surface area contributed by atoms with E-state index in [9.17, 15) is 27.6 Å². The summed E-state index contributed by atoms with van der Waals surface area (Å²) in [5, 5.41) is 3.02. The number of alkyl halides is 3. The third kappa shape index (κ3) is 7.35. The molecule has 0 aromatic heterocycles. The molecule has 0 radical (unpaired) electrons. The Hall–Kier alpha value is -3.64. The molecule has 2 aromatic carbocycles. The Morgan fingerprint density at radius 1 is 1.05 bits per heavy atom. The first-order valence-electron chi connectivity index (χ1n) is 14.7. The maximum absolute atomic E-state index is 13.8. The number of halogens is 3. The Balaban J connectivity index is 1.64. The zero-order valence-corrected chi connectivity index (χ0v) is 25.4. The summed E-state index contributed by atoms with van der Waals surface area (Å²) in [6, 6.07) is 12.0. The lowest BCUT2D eigenvalue weighted by Crippen LogP contribution is -2.65. The molecule has 1 spiro atoms. The van der Waals surface area contributed by atoms with E-state index in [2.05, 4.69) is 5.32 Å². The maximum Gasteiger partial charge on any atom is 0.416 e. The van der Waals surface area contributed by atoms with Gasteiger partial charge in [0.15, 0.2) is 0 Å². The fourth-order valence-corrected chi connectivity index (χ4v) is 5.87. The minimum Gasteiger partial charge on any atom is -0.427 e. The van der Waals surface area contributed by atoms with Crippen LogP contribution in [0.3, 0.4) is 0 Å². The number of piperidine rings is 1. The highest BCUT2D eigenvalue weighted by atomic mass is 19.4. The van der Waals surface area contributed by atoms with Gasteiger partial charge in [-0.05, 0) is 62.3 Å². The van der Waals surface area contributed by atoms with E-state index in [0.717, 1.165) is 17.7 Å². The van der Waals surface area contributed by atoms with Crippen molar-refractivity contribution < 1.29 is 41.8 Å². The van der Waals surface area contributed by atoms with E-state index in [0.29, 0.717) is 36.8 Å². The summed E-state index contributed by atoms with van der Waals surface area (Å²) in [7, 11) is 0. The third-order valence-electron chi connectivity index (χ3n) is 8.60. The molecule has 1 unspecified atom stereocenters. The number of carbonyl (C=O) groups excluding carboxylic acids is 3. The number of nitrogens with two attached hydrogens (primary N) is 1. The average Bonchev–Trinajstić information content (AvgIpc) is 3.34. The molecule has 9 nitrogen and oxygen atoms in total. The molecule has 3 N–H and O–H groups in total. The molecular weight excluding hydrogens is 579 g/mol. The van der Waals surface area contributed by atoms with Crippen LogP contribution in [0, 0.1) is 12.8 Å². The Bertz CT molecular complexity index is 1350. The molecule has 2 saturated heterocycles. The van der Waals surface area contributed by atoms with Crippen LogP contribution in [-0.2, 0) is 35.5 Å². The Labute approximate surface area is 255 Å². The van der Waals surface area contributed by atoms with E-state index in [1.165, 1.54) is 4.90 Å². The minimum absolute atomic E-state index is 0.0788. The first kappa shape index (κ1) is 33.3. The van der Waals surface area contributed by atoms with E-state index in [1.807, 2.05) is 30.3 Å². The molecule has 240 valence electrons. The second kappa shape index (κ2) is 13.2. The van der Waals surface area contributed by atoms with Gasteiger partial charge in [-0.1, -0.05) is 55.8 Å². The van der Waals surface area contributed by atoms with Gasteiger partial charge < -0.3 is 25.3 Å². The van der Waals surface area contributed by atoms with E-state index < -0.39 is 53.8 Å². The predicted molar refractivity (Wildman–Crippen MR) is 155 cm³/mol. The van der Waals surface area contributed by atoms with Gasteiger partial charge >= 0.3 is 18.2 Å². The molecule has 2 heterocycles. The molecule has 2 aliphatic rings. The number of esters is 1. The lowest BCUT2D eigenvalue weighted by molar-refractivity contribution is -0.156. The molecule has 2 fully saturated rings. The fourth-order valence-electron chi connectivity index (χ4n) is 5.87. The molecule has 44 heavy (non-hydrogen) atoms. The van der Waals surface area contributed by atoms with Crippen LogP contribution in [0.25, 0.3) is 0 Å². The second-order valence-corrected chi connectivity index (χ2v) is 12.2. The largest absolute Gasteiger partial charge is 0.427 e. The topological polar surface area (TPSA) is 120 Å². The summed E-state index contributed by atoms with van der Waals surface area (Å²) in [6.45, 7) is 6.12. The van der Waals surface area contributed by atoms with Crippen LogP contribution in [0.5, 0.6) is 0 Å². The number of benzene rings is 2. The normalized spacial score (nSPS) is 23.4. The number of carbonyl (C=O) groups is 3. The SMILES string of the molecule is Cc1cc([C@@H](C)OC[C@@]2(c3ccccc3)CC[C@]3(CCC(=O)N3)CN2C(=O)OCOC(=O)C(N)C(C)C)cc(C(F)(F)F)c1. The van der Waals surface area contributed by atoms with Crippen LogP contribution in [-0.4, -0.2) is 54.4 Å². The van der Waals surface area contributed by atoms with Crippen molar-refractivity contribution in [3.05, 3.63) is 70.8 Å². The summed E-state index contributed by atoms with van der Waals surface area (Å²) in [4.78, 5) is 39.8. The zero-order chi connectivity index (χ0) is 32.3. The van der Waals surface area contributed by atoms with Crippen LogP contribution in [0.2, 0.25) is 0 Å². The Morgan fingerprint density at radius 3 is 2.36 bits per heavy atom. The number of amides is 2. The first-order chi connectivity index (χ1) is 20.7. The van der Waals surface area contributed by atoms with E-state index in [4.69, 9.17) is 19.9 Å². The first-order valence-corrected chi connectivity index (χ1v) is 14.7. The van der Waals surface area contributed by atoms with Crippen molar-refractivity contribution in [2.75, 3.05) is 19.9 Å². The summed E-state index contributed by atoms with van der Waals surface area (Å²) in [5.41, 5.74) is 4.79. The molecule has 2 aromatic rings. The molecule has 4 atom stereocenters. The number of rotatable bonds is 9. The van der Waals surface area contributed by atoms with E-state index in [-0.39, 0.29) is 25.0 Å². The standard InChI is InChI=1S/C32H40F3N3O6/c1-20(2)27(36)28(40)43-19-44-29(41)38-17-30(11-10-26(39)37-30)12-13-31(38,24-8-6-5-7-9-24)18-42-22(4)23-14-21(3)15-25(16-23)32(33,34)35/h5-9,14-16,20,22,27H,10-13,17-19,36H2,1-4H3,(H,37,39)/t22-,27?,30-,31-/m1/s1. The van der Waals surface area contributed by atoms with Crippen LogP contribution in [0.15, 0.2) is 48.5 Å². The van der Waals surface area contributed by atoms with Crippen molar-refractivity contribution in [1.29, 1.82) is 0 Å². The predicted octanol–water partition coefficient (Wildman–Crippen LogP) is 5.35. The van der Waals surface area contributed by atoms with Gasteiger partial charge in [0.25, 0.3) is 0 Å². The van der Waals surface area contributed by atoms with E-state index >= 15 is 0 Å². The highest BCUT2D eigenvalue weighted by Gasteiger charge is 2.54. The quantitative estimate of drug-likeness (QED) is 0.287. The van der Waals surface area contributed by atoms with Crippen molar-refractivity contribution in [3.8, 4) is 0 Å². The highest BCUT2D eigenvalue weighted by Crippen LogP contribution is 2.45. The van der Waals surface area contributed by atoms with Crippen LogP contribution < -0.4 is 11.1 Å². The van der Waals surface area contributed by atoms with Gasteiger partial charge in [-0.15, -0.1) is 0 Å². The summed E-state index contributed by atoms with van der Waals surface area (Å²) >= 11 is 0. The number of nitrogens with one attached hydrogen (secondary N) is 1. The van der Waals surface area contributed by atoms with E-state index in [1.54, 1.807) is 33.8 Å². The number of likely N-dealkylation sites (tertiary alicyclic amines) is 1. The van der Waals surface area contributed by atoms with Gasteiger partial charge in [0.2, 0.25) is 12.7 Å². The van der Waals surface area contributed by atoms with Gasteiger partial charge in [-0.3, -0.25) is 14.5 Å². The van der Waals surface area contributed by atoms with Gasteiger partial charge in [0.1, 0.15) is 6.04 Å². The van der Waals surface area contributed by atoms with Gasteiger partial charge in [0.05, 0.1) is 29.4 Å². The third-order valence-corrected chi connectivity index (χ3v) is 8.60. The summed E-state index contributed by atoms with van der Waals surface area (Å²) in [6.07, 6.45) is -4.36. The van der Waals surface area contributed by atoms with Gasteiger partial charge in [0, 0.05) is 13.0 Å². The van der Waals surface area contributed by atoms with Crippen molar-refractivity contribution in [3.63, 3.8) is 0 Å². The molecule has 0 bridgehead atoms. The van der Waals surface area contributed by atoms with Gasteiger partial charge in [-0.2, -0.15) is 13.2 Å². The average molecular weight is 620 g/mol.